The second-order valence-electron chi connectivity index (χ2n) is 4.01. The van der Waals surface area contributed by atoms with Crippen LogP contribution in [0.25, 0.3) is 10.4 Å². The predicted octanol–water partition coefficient (Wildman–Crippen LogP) is 1.24. The lowest BCUT2D eigenvalue weighted by molar-refractivity contribution is -0.139. The van der Waals surface area contributed by atoms with Crippen molar-refractivity contribution in [2.45, 2.75) is 18.6 Å². The van der Waals surface area contributed by atoms with E-state index in [-0.39, 0.29) is 13.0 Å². The molecule has 0 spiro atoms. The van der Waals surface area contributed by atoms with Gasteiger partial charge in [-0.05, 0) is 29.6 Å². The number of hydrogen-bond donors (Lipinski definition) is 3. The summed E-state index contributed by atoms with van der Waals surface area (Å²) in [6.45, 7) is -0.356. The minimum Gasteiger partial charge on any atom is -0.482 e. The molecule has 3 N–H and O–H groups in total. The van der Waals surface area contributed by atoms with Crippen LogP contribution in [0.15, 0.2) is 29.4 Å². The molecule has 0 fully saturated rings. The lowest BCUT2D eigenvalue weighted by Gasteiger charge is -2.17. The Balaban J connectivity index is 2.57. The molecule has 0 aromatic heterocycles. The monoisotopic (exact) mass is 281 g/mol. The van der Waals surface area contributed by atoms with Crippen LogP contribution in [0.3, 0.4) is 0 Å². The number of benzene rings is 1. The first-order chi connectivity index (χ1) is 9.54. The molecule has 1 rings (SSSR count). The Labute approximate surface area is 114 Å². The maximum atomic E-state index is 10.3. The van der Waals surface area contributed by atoms with Gasteiger partial charge >= 0.3 is 5.97 Å². The minimum absolute atomic E-state index is 0.0918. The summed E-state index contributed by atoms with van der Waals surface area (Å²) < 4.78 is 4.94. The molecule has 0 aliphatic carbocycles. The standard InChI is InChI=1S/C12H15N3O5/c13-15-14-6-5-10(16)12(19)8-1-3-9(4-2-8)20-7-11(17)18/h1-4,10,12,16,19H,5-7H2,(H,17,18). The van der Waals surface area contributed by atoms with Gasteiger partial charge in [-0.2, -0.15) is 0 Å². The number of ether oxygens (including phenoxy) is 1. The second kappa shape index (κ2) is 8.00. The quantitative estimate of drug-likeness (QED) is 0.374. The number of aliphatic hydroxyl groups excluding tert-OH is 2. The molecule has 1 aromatic rings. The van der Waals surface area contributed by atoms with Crippen LogP contribution in [0.4, 0.5) is 0 Å². The number of rotatable bonds is 8. The third-order valence-corrected chi connectivity index (χ3v) is 2.54. The van der Waals surface area contributed by atoms with Gasteiger partial charge in [0.25, 0.3) is 0 Å². The van der Waals surface area contributed by atoms with E-state index in [0.29, 0.717) is 11.3 Å². The van der Waals surface area contributed by atoms with Gasteiger partial charge in [-0.15, -0.1) is 0 Å². The Kier molecular flexibility index (Phi) is 6.31. The Morgan fingerprint density at radius 1 is 1.35 bits per heavy atom. The Morgan fingerprint density at radius 3 is 2.55 bits per heavy atom. The van der Waals surface area contributed by atoms with E-state index in [1.54, 1.807) is 0 Å². The van der Waals surface area contributed by atoms with Crippen LogP contribution in [0.1, 0.15) is 18.1 Å². The molecule has 0 amide bonds. The number of azide groups is 1. The van der Waals surface area contributed by atoms with E-state index in [4.69, 9.17) is 15.4 Å². The second-order valence-corrected chi connectivity index (χ2v) is 4.01. The van der Waals surface area contributed by atoms with Crippen LogP contribution in [0, 0.1) is 0 Å². The van der Waals surface area contributed by atoms with Crippen LogP contribution in [0.5, 0.6) is 5.75 Å². The fraction of sp³-hybridized carbons (Fsp3) is 0.417. The molecular formula is C12H15N3O5. The summed E-state index contributed by atoms with van der Waals surface area (Å²) in [5, 5.41) is 31.3. The maximum Gasteiger partial charge on any atom is 0.341 e. The van der Waals surface area contributed by atoms with E-state index in [1.165, 1.54) is 24.3 Å². The van der Waals surface area contributed by atoms with Gasteiger partial charge in [-0.1, -0.05) is 17.2 Å². The van der Waals surface area contributed by atoms with Crippen molar-refractivity contribution in [3.8, 4) is 5.75 Å². The summed E-state index contributed by atoms with van der Waals surface area (Å²) in [6, 6.07) is 6.06. The average Bonchev–Trinajstić information content (AvgIpc) is 2.45. The molecular weight excluding hydrogens is 266 g/mol. The van der Waals surface area contributed by atoms with Crippen LogP contribution in [0.2, 0.25) is 0 Å². The molecule has 20 heavy (non-hydrogen) atoms. The highest BCUT2D eigenvalue weighted by Gasteiger charge is 2.17. The van der Waals surface area contributed by atoms with Crippen LogP contribution in [-0.2, 0) is 4.79 Å². The van der Waals surface area contributed by atoms with Crippen molar-refractivity contribution in [2.24, 2.45) is 5.11 Å². The van der Waals surface area contributed by atoms with Crippen LogP contribution in [-0.4, -0.2) is 40.5 Å². The van der Waals surface area contributed by atoms with Gasteiger partial charge in [0.1, 0.15) is 11.9 Å². The first-order valence-electron chi connectivity index (χ1n) is 5.86. The van der Waals surface area contributed by atoms with Gasteiger partial charge < -0.3 is 20.1 Å². The number of nitrogens with zero attached hydrogens (tertiary/aromatic N) is 3. The molecule has 1 aromatic carbocycles. The number of carboxylic acids is 1. The Hall–Kier alpha value is -2.28. The SMILES string of the molecule is [N-]=[N+]=NCCC(O)C(O)c1ccc(OCC(=O)O)cc1. The summed E-state index contributed by atoms with van der Waals surface area (Å²) in [6.07, 6.45) is -2.02. The number of carbonyl (C=O) groups is 1. The number of carboxylic acid groups (broad SMARTS) is 1. The lowest BCUT2D eigenvalue weighted by atomic mass is 10.0. The molecule has 2 unspecified atom stereocenters. The third kappa shape index (κ3) is 5.15. The summed E-state index contributed by atoms with van der Waals surface area (Å²) >= 11 is 0. The van der Waals surface area contributed by atoms with E-state index < -0.39 is 24.8 Å². The van der Waals surface area contributed by atoms with Crippen molar-refractivity contribution in [3.63, 3.8) is 0 Å². The van der Waals surface area contributed by atoms with Gasteiger partial charge in [-0.25, -0.2) is 4.79 Å². The topological polar surface area (TPSA) is 136 Å². The predicted molar refractivity (Wildman–Crippen MR) is 69.2 cm³/mol. The number of aliphatic hydroxyl groups is 2. The highest BCUT2D eigenvalue weighted by Crippen LogP contribution is 2.21. The van der Waals surface area contributed by atoms with Crippen LogP contribution < -0.4 is 4.74 Å². The molecule has 8 heteroatoms. The van der Waals surface area contributed by atoms with Crippen molar-refractivity contribution >= 4 is 5.97 Å². The highest BCUT2D eigenvalue weighted by atomic mass is 16.5. The molecule has 0 saturated carbocycles. The van der Waals surface area contributed by atoms with Gasteiger partial charge in [0, 0.05) is 11.5 Å². The van der Waals surface area contributed by atoms with Crippen molar-refractivity contribution in [2.75, 3.05) is 13.2 Å². The van der Waals surface area contributed by atoms with Gasteiger partial charge in [-0.3, -0.25) is 0 Å². The molecule has 0 aliphatic rings. The molecule has 0 radical (unpaired) electrons. The molecule has 0 saturated heterocycles. The first-order valence-corrected chi connectivity index (χ1v) is 5.86. The Morgan fingerprint density at radius 2 is 2.00 bits per heavy atom. The minimum atomic E-state index is -1.11. The van der Waals surface area contributed by atoms with E-state index in [9.17, 15) is 15.0 Å². The molecule has 0 heterocycles. The average molecular weight is 281 g/mol. The van der Waals surface area contributed by atoms with Crippen molar-refractivity contribution in [1.82, 2.24) is 0 Å². The zero-order valence-corrected chi connectivity index (χ0v) is 10.6. The van der Waals surface area contributed by atoms with Gasteiger partial charge in [0.05, 0.1) is 6.10 Å². The molecule has 2 atom stereocenters. The van der Waals surface area contributed by atoms with Gasteiger partial charge in [0.15, 0.2) is 6.61 Å². The van der Waals surface area contributed by atoms with E-state index in [0.717, 1.165) is 0 Å². The Bertz CT molecular complexity index is 484. The zero-order valence-electron chi connectivity index (χ0n) is 10.6. The van der Waals surface area contributed by atoms with Crippen molar-refractivity contribution in [3.05, 3.63) is 40.3 Å². The first kappa shape index (κ1) is 15.8. The summed E-state index contributed by atoms with van der Waals surface area (Å²) in [4.78, 5) is 12.9. The fourth-order valence-corrected chi connectivity index (χ4v) is 1.52. The normalized spacial score (nSPS) is 13.1. The van der Waals surface area contributed by atoms with E-state index >= 15 is 0 Å². The number of hydrogen-bond acceptors (Lipinski definition) is 5. The lowest BCUT2D eigenvalue weighted by Crippen LogP contribution is -2.19. The van der Waals surface area contributed by atoms with Crippen molar-refractivity contribution in [1.29, 1.82) is 0 Å². The molecule has 0 bridgehead atoms. The summed E-state index contributed by atoms with van der Waals surface area (Å²) in [5.74, 6) is -0.727. The van der Waals surface area contributed by atoms with Crippen molar-refractivity contribution < 1.29 is 24.9 Å². The zero-order chi connectivity index (χ0) is 15.0. The van der Waals surface area contributed by atoms with E-state index in [1.807, 2.05) is 0 Å². The summed E-state index contributed by atoms with van der Waals surface area (Å²) in [5.41, 5.74) is 8.57. The largest absolute Gasteiger partial charge is 0.482 e. The molecule has 8 nitrogen and oxygen atoms in total. The molecule has 0 aliphatic heterocycles. The molecule has 108 valence electrons. The smallest absolute Gasteiger partial charge is 0.341 e. The number of aliphatic carboxylic acids is 1. The maximum absolute atomic E-state index is 10.3. The van der Waals surface area contributed by atoms with Crippen LogP contribution >= 0.6 is 0 Å². The fourth-order valence-electron chi connectivity index (χ4n) is 1.52. The van der Waals surface area contributed by atoms with Gasteiger partial charge in [0.2, 0.25) is 0 Å². The highest BCUT2D eigenvalue weighted by molar-refractivity contribution is 5.68. The summed E-state index contributed by atoms with van der Waals surface area (Å²) in [7, 11) is 0. The van der Waals surface area contributed by atoms with E-state index in [2.05, 4.69) is 10.0 Å². The third-order valence-electron chi connectivity index (χ3n) is 2.54.